The minimum absolute atomic E-state index is 1.12. The minimum Gasteiger partial charge on any atom is -0.350 e. The quantitative estimate of drug-likeness (QED) is 0.119. The summed E-state index contributed by atoms with van der Waals surface area (Å²) in [7, 11) is 6.88. The summed E-state index contributed by atoms with van der Waals surface area (Å²) in [4.78, 5) is 4.28. The average Bonchev–Trinajstić information content (AvgIpc) is 2.59. The molecule has 0 aromatic rings. The number of hydrogen-bond donors (Lipinski definition) is 0. The molecule has 0 aliphatic carbocycles. The van der Waals surface area contributed by atoms with E-state index in [2.05, 4.69) is 58.0 Å². The highest BCUT2D eigenvalue weighted by atomic mass is 28.3. The molecule has 0 unspecified atom stereocenters. The van der Waals surface area contributed by atoms with E-state index in [-0.39, 0.29) is 0 Å². The molecule has 0 aliphatic rings. The van der Waals surface area contributed by atoms with Crippen molar-refractivity contribution in [3.63, 3.8) is 0 Å². The summed E-state index contributed by atoms with van der Waals surface area (Å²) in [6.45, 7) is 7.10. The summed E-state index contributed by atoms with van der Waals surface area (Å²) < 4.78 is 5.11. The van der Waals surface area contributed by atoms with Crippen molar-refractivity contribution in [3.8, 4) is 0 Å². The van der Waals surface area contributed by atoms with Crippen LogP contribution in [-0.4, -0.2) is 52.2 Å². The maximum atomic E-state index is 5.11. The van der Waals surface area contributed by atoms with E-state index < -0.39 is 8.24 Å². The topological polar surface area (TPSA) is 18.8 Å². The minimum atomic E-state index is -1.49. The van der Waals surface area contributed by atoms with Crippen molar-refractivity contribution in [3.05, 3.63) is 0 Å². The van der Waals surface area contributed by atoms with Gasteiger partial charge in [-0.15, -0.1) is 0 Å². The van der Waals surface area contributed by atoms with E-state index in [4.69, 9.17) is 4.66 Å². The molecule has 0 aromatic carbocycles. The first kappa shape index (κ1) is 26.5. The smallest absolute Gasteiger partial charge is 0.186 e. The standard InChI is InChI=1S/C23H51N3Si/c1-8-9-10-11-12-13-14-15-16-17-18-19-20-21-22-27(6,7)24-23(25(2)3)26(4)5/h8-22H2,1-7H3. The van der Waals surface area contributed by atoms with Gasteiger partial charge in [0.25, 0.3) is 0 Å². The highest BCUT2D eigenvalue weighted by Gasteiger charge is 2.22. The number of rotatable bonds is 16. The summed E-state index contributed by atoms with van der Waals surface area (Å²) in [5, 5.41) is 0. The second-order valence-electron chi connectivity index (χ2n) is 9.36. The molecule has 0 atom stereocenters. The van der Waals surface area contributed by atoms with Gasteiger partial charge in [-0.25, -0.2) is 0 Å². The third kappa shape index (κ3) is 16.2. The molecule has 0 bridgehead atoms. The van der Waals surface area contributed by atoms with Gasteiger partial charge in [-0.05, 0) is 19.1 Å². The predicted molar refractivity (Wildman–Crippen MR) is 127 cm³/mol. The van der Waals surface area contributed by atoms with E-state index >= 15 is 0 Å². The van der Waals surface area contributed by atoms with Gasteiger partial charge in [0.15, 0.2) is 14.2 Å². The van der Waals surface area contributed by atoms with Crippen LogP contribution >= 0.6 is 0 Å². The normalized spacial score (nSPS) is 11.5. The van der Waals surface area contributed by atoms with Crippen molar-refractivity contribution in [2.45, 2.75) is 116 Å². The van der Waals surface area contributed by atoms with Gasteiger partial charge >= 0.3 is 0 Å². The largest absolute Gasteiger partial charge is 0.350 e. The van der Waals surface area contributed by atoms with Crippen molar-refractivity contribution in [2.75, 3.05) is 28.2 Å². The van der Waals surface area contributed by atoms with E-state index in [0.717, 1.165) is 5.96 Å². The molecule has 0 spiro atoms. The zero-order chi connectivity index (χ0) is 20.5. The van der Waals surface area contributed by atoms with Crippen LogP contribution in [0.3, 0.4) is 0 Å². The highest BCUT2D eigenvalue weighted by Crippen LogP contribution is 2.19. The SMILES string of the molecule is CCCCCCCCCCCCCCCC[Si](C)(C)N=C(N(C)C)N(C)C. The first-order chi connectivity index (χ1) is 12.8. The molecule has 0 aliphatic heterocycles. The molecule has 0 saturated carbocycles. The Morgan fingerprint density at radius 1 is 0.593 bits per heavy atom. The van der Waals surface area contributed by atoms with Crippen LogP contribution in [0.4, 0.5) is 0 Å². The van der Waals surface area contributed by atoms with E-state index in [1.54, 1.807) is 0 Å². The monoisotopic (exact) mass is 397 g/mol. The van der Waals surface area contributed by atoms with Crippen LogP contribution in [0.25, 0.3) is 0 Å². The Balaban J connectivity index is 3.62. The zero-order valence-corrected chi connectivity index (χ0v) is 20.9. The predicted octanol–water partition coefficient (Wildman–Crippen LogP) is 7.15. The summed E-state index contributed by atoms with van der Waals surface area (Å²) >= 11 is 0. The van der Waals surface area contributed by atoms with E-state index in [1.165, 1.54) is 95.9 Å². The second-order valence-corrected chi connectivity index (χ2v) is 13.7. The van der Waals surface area contributed by atoms with E-state index in [9.17, 15) is 0 Å². The Hall–Kier alpha value is -0.513. The Morgan fingerprint density at radius 2 is 0.926 bits per heavy atom. The zero-order valence-electron chi connectivity index (χ0n) is 19.9. The lowest BCUT2D eigenvalue weighted by Gasteiger charge is -2.27. The van der Waals surface area contributed by atoms with Crippen molar-refractivity contribution < 1.29 is 0 Å². The number of nitrogens with zero attached hydrogens (tertiary/aromatic N) is 3. The van der Waals surface area contributed by atoms with Crippen molar-refractivity contribution >= 4 is 14.2 Å². The lowest BCUT2D eigenvalue weighted by molar-refractivity contribution is 0.485. The molecular formula is C23H51N3Si. The fraction of sp³-hybridized carbons (Fsp3) is 0.957. The van der Waals surface area contributed by atoms with Crippen LogP contribution in [0.15, 0.2) is 4.66 Å². The molecule has 0 fully saturated rings. The number of guanidine groups is 1. The first-order valence-electron chi connectivity index (χ1n) is 11.7. The number of unbranched alkanes of at least 4 members (excludes halogenated alkanes) is 13. The van der Waals surface area contributed by atoms with Crippen LogP contribution in [-0.2, 0) is 0 Å². The van der Waals surface area contributed by atoms with Gasteiger partial charge in [0, 0.05) is 28.2 Å². The maximum absolute atomic E-state index is 5.11. The van der Waals surface area contributed by atoms with Gasteiger partial charge < -0.3 is 9.80 Å². The lowest BCUT2D eigenvalue weighted by atomic mass is 10.0. The third-order valence-corrected chi connectivity index (χ3v) is 7.73. The van der Waals surface area contributed by atoms with Crippen LogP contribution in [0, 0.1) is 0 Å². The lowest BCUT2D eigenvalue weighted by Crippen LogP contribution is -2.39. The van der Waals surface area contributed by atoms with Crippen LogP contribution in [0.2, 0.25) is 19.1 Å². The van der Waals surface area contributed by atoms with Gasteiger partial charge in [-0.1, -0.05) is 96.8 Å². The fourth-order valence-electron chi connectivity index (χ4n) is 3.68. The molecule has 0 radical (unpaired) electrons. The van der Waals surface area contributed by atoms with E-state index in [0.29, 0.717) is 0 Å². The Labute approximate surface area is 173 Å². The van der Waals surface area contributed by atoms with Gasteiger partial charge in [0.05, 0.1) is 0 Å². The van der Waals surface area contributed by atoms with Crippen molar-refractivity contribution in [1.82, 2.24) is 9.80 Å². The summed E-state index contributed by atoms with van der Waals surface area (Å²) in [5.41, 5.74) is 0. The van der Waals surface area contributed by atoms with Crippen LogP contribution in [0.1, 0.15) is 96.8 Å². The van der Waals surface area contributed by atoms with Gasteiger partial charge in [0.2, 0.25) is 0 Å². The molecule has 27 heavy (non-hydrogen) atoms. The molecule has 0 saturated heterocycles. The third-order valence-electron chi connectivity index (χ3n) is 5.34. The second kappa shape index (κ2) is 16.4. The molecule has 3 nitrogen and oxygen atoms in total. The van der Waals surface area contributed by atoms with Gasteiger partial charge in [0.1, 0.15) is 0 Å². The summed E-state index contributed by atoms with van der Waals surface area (Å²) in [5.74, 6) is 1.12. The molecule has 162 valence electrons. The first-order valence-corrected chi connectivity index (χ1v) is 14.9. The van der Waals surface area contributed by atoms with Crippen LogP contribution < -0.4 is 0 Å². The van der Waals surface area contributed by atoms with Crippen LogP contribution in [0.5, 0.6) is 0 Å². The molecule has 0 amide bonds. The molecule has 0 rings (SSSR count). The maximum Gasteiger partial charge on any atom is 0.186 e. The molecule has 0 heterocycles. The average molecular weight is 398 g/mol. The Morgan fingerprint density at radius 3 is 1.26 bits per heavy atom. The fourth-order valence-corrected chi connectivity index (χ4v) is 5.85. The van der Waals surface area contributed by atoms with E-state index in [1.807, 2.05) is 0 Å². The highest BCUT2D eigenvalue weighted by molar-refractivity contribution is 6.76. The molecule has 4 heteroatoms. The summed E-state index contributed by atoms with van der Waals surface area (Å²) in [6.07, 6.45) is 20.0. The van der Waals surface area contributed by atoms with Crippen molar-refractivity contribution in [1.29, 1.82) is 0 Å². The Kier molecular flexibility index (Phi) is 16.1. The van der Waals surface area contributed by atoms with Gasteiger partial charge in [-0.2, -0.15) is 0 Å². The summed E-state index contributed by atoms with van der Waals surface area (Å²) in [6, 6.07) is 1.32. The molecular weight excluding hydrogens is 346 g/mol. The van der Waals surface area contributed by atoms with Gasteiger partial charge in [-0.3, -0.25) is 4.66 Å². The van der Waals surface area contributed by atoms with Crippen molar-refractivity contribution in [2.24, 2.45) is 4.66 Å². The number of hydrogen-bond acceptors (Lipinski definition) is 1. The molecule has 0 N–H and O–H groups in total. The molecule has 0 aromatic heterocycles. The Bertz CT molecular complexity index is 355.